The van der Waals surface area contributed by atoms with Crippen molar-refractivity contribution in [2.24, 2.45) is 0 Å². The normalized spacial score (nSPS) is 11.3. The number of hydrogen-bond acceptors (Lipinski definition) is 5. The molecule has 0 spiro atoms. The molecule has 0 radical (unpaired) electrons. The summed E-state index contributed by atoms with van der Waals surface area (Å²) in [5, 5.41) is 17.2. The zero-order chi connectivity index (χ0) is 17.9. The van der Waals surface area contributed by atoms with Crippen LogP contribution in [0.1, 0.15) is 5.56 Å². The summed E-state index contributed by atoms with van der Waals surface area (Å²) in [5.74, 6) is 0.456. The Labute approximate surface area is 145 Å². The zero-order valence-electron chi connectivity index (χ0n) is 12.6. The van der Waals surface area contributed by atoms with E-state index >= 15 is 0 Å². The van der Waals surface area contributed by atoms with Crippen LogP contribution in [0.15, 0.2) is 53.9 Å². The minimum atomic E-state index is -4.46. The molecule has 9 heteroatoms. The molecule has 0 aliphatic heterocycles. The third kappa shape index (κ3) is 3.64. The highest BCUT2D eigenvalue weighted by Crippen LogP contribution is 2.33. The van der Waals surface area contributed by atoms with E-state index in [2.05, 4.69) is 15.2 Å². The average Bonchev–Trinajstić information content (AvgIpc) is 3.04. The number of thioether (sulfide) groups is 1. The van der Waals surface area contributed by atoms with E-state index < -0.39 is 11.7 Å². The number of nitriles is 1. The summed E-state index contributed by atoms with van der Waals surface area (Å²) in [5.41, 5.74) is 0.0995. The van der Waals surface area contributed by atoms with Crippen LogP contribution in [0.4, 0.5) is 13.2 Å². The van der Waals surface area contributed by atoms with Gasteiger partial charge in [0.2, 0.25) is 0 Å². The van der Waals surface area contributed by atoms with Crippen molar-refractivity contribution in [2.75, 3.05) is 5.75 Å². The first kappa shape index (κ1) is 17.0. The average molecular weight is 361 g/mol. The van der Waals surface area contributed by atoms with Gasteiger partial charge in [0.05, 0.1) is 23.1 Å². The quantitative estimate of drug-likeness (QED) is 0.658. The third-order valence-electron chi connectivity index (χ3n) is 3.25. The van der Waals surface area contributed by atoms with Crippen LogP contribution in [0.2, 0.25) is 0 Å². The molecule has 25 heavy (non-hydrogen) atoms. The predicted molar refractivity (Wildman–Crippen MR) is 85.9 cm³/mol. The molecule has 126 valence electrons. The number of rotatable bonds is 4. The van der Waals surface area contributed by atoms with Gasteiger partial charge in [0.15, 0.2) is 11.0 Å². The molecule has 1 aromatic carbocycles. The highest BCUT2D eigenvalue weighted by molar-refractivity contribution is 7.99. The Hall–Kier alpha value is -2.86. The van der Waals surface area contributed by atoms with E-state index in [1.54, 1.807) is 24.5 Å². The highest BCUT2D eigenvalue weighted by Gasteiger charge is 2.31. The topological polar surface area (TPSA) is 67.4 Å². The van der Waals surface area contributed by atoms with Crippen molar-refractivity contribution in [1.82, 2.24) is 19.7 Å². The second kappa shape index (κ2) is 6.94. The van der Waals surface area contributed by atoms with Crippen LogP contribution in [-0.4, -0.2) is 25.5 Å². The summed E-state index contributed by atoms with van der Waals surface area (Å²) in [6, 6.07) is 10.3. The van der Waals surface area contributed by atoms with Gasteiger partial charge in [0, 0.05) is 18.0 Å². The smallest absolute Gasteiger partial charge is 0.270 e. The van der Waals surface area contributed by atoms with E-state index in [1.165, 1.54) is 16.7 Å². The monoisotopic (exact) mass is 361 g/mol. The fraction of sp³-hybridized carbons (Fsp3) is 0.125. The summed E-state index contributed by atoms with van der Waals surface area (Å²) in [7, 11) is 0. The Bertz CT molecular complexity index is 916. The van der Waals surface area contributed by atoms with Crippen molar-refractivity contribution < 1.29 is 13.2 Å². The van der Waals surface area contributed by atoms with Gasteiger partial charge in [-0.25, -0.2) is 0 Å². The molecule has 0 amide bonds. The van der Waals surface area contributed by atoms with Crippen molar-refractivity contribution in [2.45, 2.75) is 11.3 Å². The fourth-order valence-corrected chi connectivity index (χ4v) is 2.81. The SMILES string of the molecule is N#CCSc1nnc(-c2cccnc2)n1-c1cccc(C(F)(F)F)c1. The maximum atomic E-state index is 13.0. The van der Waals surface area contributed by atoms with Gasteiger partial charge in [0.1, 0.15) is 0 Å². The number of hydrogen-bond donors (Lipinski definition) is 0. The van der Waals surface area contributed by atoms with Gasteiger partial charge < -0.3 is 0 Å². The molecule has 0 saturated carbocycles. The van der Waals surface area contributed by atoms with Gasteiger partial charge in [-0.15, -0.1) is 10.2 Å². The minimum Gasteiger partial charge on any atom is -0.270 e. The van der Waals surface area contributed by atoms with Crippen LogP contribution >= 0.6 is 11.8 Å². The van der Waals surface area contributed by atoms with Crippen LogP contribution in [0.5, 0.6) is 0 Å². The predicted octanol–water partition coefficient (Wildman–Crippen LogP) is 3.96. The molecule has 0 aliphatic carbocycles. The lowest BCUT2D eigenvalue weighted by Crippen LogP contribution is -2.07. The van der Waals surface area contributed by atoms with Crippen molar-refractivity contribution in [3.8, 4) is 23.1 Å². The van der Waals surface area contributed by atoms with Gasteiger partial charge in [-0.3, -0.25) is 9.55 Å². The van der Waals surface area contributed by atoms with Gasteiger partial charge in [-0.1, -0.05) is 17.8 Å². The summed E-state index contributed by atoms with van der Waals surface area (Å²) >= 11 is 1.10. The second-order valence-electron chi connectivity index (χ2n) is 4.88. The number of aromatic nitrogens is 4. The molecule has 2 heterocycles. The summed E-state index contributed by atoms with van der Waals surface area (Å²) < 4.78 is 40.6. The van der Waals surface area contributed by atoms with Crippen LogP contribution in [-0.2, 0) is 6.18 Å². The Morgan fingerprint density at radius 1 is 1.16 bits per heavy atom. The number of pyridine rings is 1. The first-order chi connectivity index (χ1) is 12.0. The molecule has 0 fully saturated rings. The Kier molecular flexibility index (Phi) is 4.72. The van der Waals surface area contributed by atoms with Gasteiger partial charge in [0.25, 0.3) is 0 Å². The molecule has 3 rings (SSSR count). The minimum absolute atomic E-state index is 0.101. The van der Waals surface area contributed by atoms with E-state index in [9.17, 15) is 13.2 Å². The standard InChI is InChI=1S/C16H10F3N5S/c17-16(18,19)12-4-1-5-13(9-12)24-14(11-3-2-7-21-10-11)22-23-15(24)25-8-6-20/h1-5,7,9-10H,8H2. The molecule has 3 aromatic rings. The van der Waals surface area contributed by atoms with Crippen molar-refractivity contribution in [3.05, 3.63) is 54.4 Å². The van der Waals surface area contributed by atoms with Crippen molar-refractivity contribution in [1.29, 1.82) is 5.26 Å². The summed E-state index contributed by atoms with van der Waals surface area (Å²) in [6.07, 6.45) is -1.33. The first-order valence-electron chi connectivity index (χ1n) is 7.04. The number of nitrogens with zero attached hydrogens (tertiary/aromatic N) is 5. The highest BCUT2D eigenvalue weighted by atomic mass is 32.2. The molecule has 0 saturated heterocycles. The number of benzene rings is 1. The second-order valence-corrected chi connectivity index (χ2v) is 5.82. The maximum absolute atomic E-state index is 13.0. The molecule has 0 unspecified atom stereocenters. The molecule has 0 aliphatic rings. The summed E-state index contributed by atoms with van der Waals surface area (Å²) in [6.45, 7) is 0. The largest absolute Gasteiger partial charge is 0.416 e. The van der Waals surface area contributed by atoms with Gasteiger partial charge in [-0.05, 0) is 30.3 Å². The van der Waals surface area contributed by atoms with Crippen LogP contribution < -0.4 is 0 Å². The number of alkyl halides is 3. The van der Waals surface area contributed by atoms with Crippen molar-refractivity contribution >= 4 is 11.8 Å². The van der Waals surface area contributed by atoms with Crippen LogP contribution in [0.3, 0.4) is 0 Å². The molecule has 5 nitrogen and oxygen atoms in total. The Morgan fingerprint density at radius 3 is 2.68 bits per heavy atom. The zero-order valence-corrected chi connectivity index (χ0v) is 13.4. The van der Waals surface area contributed by atoms with E-state index in [0.29, 0.717) is 16.5 Å². The number of halogens is 3. The molecule has 0 atom stereocenters. The van der Waals surface area contributed by atoms with Gasteiger partial charge in [-0.2, -0.15) is 18.4 Å². The van der Waals surface area contributed by atoms with E-state index in [4.69, 9.17) is 5.26 Å². The Morgan fingerprint density at radius 2 is 2.00 bits per heavy atom. The Balaban J connectivity index is 2.16. The molecule has 2 aromatic heterocycles. The maximum Gasteiger partial charge on any atom is 0.416 e. The lowest BCUT2D eigenvalue weighted by Gasteiger charge is -2.12. The molecule has 0 bridgehead atoms. The third-order valence-corrected chi connectivity index (χ3v) is 4.05. The fourth-order valence-electron chi connectivity index (χ4n) is 2.20. The van der Waals surface area contributed by atoms with Gasteiger partial charge >= 0.3 is 6.18 Å². The molecule has 0 N–H and O–H groups in total. The molecular weight excluding hydrogens is 351 g/mol. The lowest BCUT2D eigenvalue weighted by molar-refractivity contribution is -0.137. The molecular formula is C16H10F3N5S. The summed E-state index contributed by atoms with van der Waals surface area (Å²) in [4.78, 5) is 4.00. The van der Waals surface area contributed by atoms with E-state index in [1.807, 2.05) is 6.07 Å². The van der Waals surface area contributed by atoms with E-state index in [0.717, 1.165) is 23.9 Å². The van der Waals surface area contributed by atoms with Crippen LogP contribution in [0, 0.1) is 11.3 Å². The first-order valence-corrected chi connectivity index (χ1v) is 8.02. The lowest BCUT2D eigenvalue weighted by atomic mass is 10.2. The van der Waals surface area contributed by atoms with E-state index in [-0.39, 0.29) is 11.4 Å². The van der Waals surface area contributed by atoms with Crippen LogP contribution in [0.25, 0.3) is 17.1 Å². The van der Waals surface area contributed by atoms with Crippen molar-refractivity contribution in [3.63, 3.8) is 0 Å².